The van der Waals surface area contributed by atoms with E-state index in [4.69, 9.17) is 11.6 Å². The van der Waals surface area contributed by atoms with E-state index in [0.29, 0.717) is 5.03 Å². The third-order valence-corrected chi connectivity index (χ3v) is 2.47. The normalized spacial score (nSPS) is 18.5. The van der Waals surface area contributed by atoms with Gasteiger partial charge in [0.15, 0.2) is 0 Å². The Morgan fingerprint density at radius 1 is 1.64 bits per heavy atom. The topological polar surface area (TPSA) is 12.0 Å². The summed E-state index contributed by atoms with van der Waals surface area (Å²) in [4.78, 5) is 0. The minimum Gasteiger partial charge on any atom is -0.307 e. The molecule has 0 heterocycles. The van der Waals surface area contributed by atoms with Gasteiger partial charge in [-0.1, -0.05) is 18.2 Å². The van der Waals surface area contributed by atoms with Gasteiger partial charge >= 0.3 is 0 Å². The van der Waals surface area contributed by atoms with Crippen molar-refractivity contribution in [2.24, 2.45) is 5.92 Å². The van der Waals surface area contributed by atoms with Gasteiger partial charge in [0.1, 0.15) is 0 Å². The number of hydrogen-bond donors (Lipinski definition) is 1. The first-order valence-corrected chi connectivity index (χ1v) is 4.48. The maximum atomic E-state index is 5.65. The van der Waals surface area contributed by atoms with Gasteiger partial charge in [0.05, 0.1) is 0 Å². The number of halogens is 1. The molecule has 0 unspecified atom stereocenters. The highest BCUT2D eigenvalue weighted by atomic mass is 35.5. The van der Waals surface area contributed by atoms with Crippen LogP contribution in [-0.2, 0) is 0 Å². The second kappa shape index (κ2) is 3.16. The molecule has 1 N–H and O–H groups in total. The van der Waals surface area contributed by atoms with Gasteiger partial charge in [-0.05, 0) is 32.6 Å². The largest absolute Gasteiger partial charge is 0.307 e. The molecule has 0 aromatic heterocycles. The Bertz CT molecular complexity index is 159. The van der Waals surface area contributed by atoms with Gasteiger partial charge in [-0.3, -0.25) is 0 Å². The van der Waals surface area contributed by atoms with E-state index in [0.717, 1.165) is 12.5 Å². The van der Waals surface area contributed by atoms with Crippen molar-refractivity contribution in [3.8, 4) is 0 Å². The monoisotopic (exact) mass is 173 g/mol. The summed E-state index contributed by atoms with van der Waals surface area (Å²) in [5, 5.41) is 4.08. The quantitative estimate of drug-likeness (QED) is 0.689. The summed E-state index contributed by atoms with van der Waals surface area (Å²) in [6.07, 6.45) is 2.71. The van der Waals surface area contributed by atoms with Crippen LogP contribution >= 0.6 is 11.6 Å². The fraction of sp³-hybridized carbons (Fsp3) is 0.778. The van der Waals surface area contributed by atoms with Crippen LogP contribution in [0.5, 0.6) is 0 Å². The predicted octanol–water partition coefficient (Wildman–Crippen LogP) is 2.52. The predicted molar refractivity (Wildman–Crippen MR) is 49.8 cm³/mol. The highest BCUT2D eigenvalue weighted by Crippen LogP contribution is 2.39. The molecule has 2 heteroatoms. The van der Waals surface area contributed by atoms with Crippen LogP contribution in [0.25, 0.3) is 0 Å². The van der Waals surface area contributed by atoms with E-state index >= 15 is 0 Å². The highest BCUT2D eigenvalue weighted by Gasteiger charge is 2.36. The third-order valence-electron chi connectivity index (χ3n) is 2.33. The average Bonchev–Trinajstić information content (AvgIpc) is 2.64. The van der Waals surface area contributed by atoms with Crippen LogP contribution in [0, 0.1) is 5.92 Å². The second-order valence-electron chi connectivity index (χ2n) is 3.87. The average molecular weight is 174 g/mol. The minimum absolute atomic E-state index is 0.248. The van der Waals surface area contributed by atoms with Crippen molar-refractivity contribution in [3.63, 3.8) is 0 Å². The molecule has 0 saturated heterocycles. The lowest BCUT2D eigenvalue weighted by Crippen LogP contribution is -2.41. The molecule has 0 atom stereocenters. The lowest BCUT2D eigenvalue weighted by molar-refractivity contribution is 0.356. The Hall–Kier alpha value is -0.0100. The van der Waals surface area contributed by atoms with Crippen molar-refractivity contribution >= 4 is 11.6 Å². The molecule has 1 fully saturated rings. The van der Waals surface area contributed by atoms with Crippen molar-refractivity contribution in [2.45, 2.75) is 32.2 Å². The Morgan fingerprint density at radius 2 is 2.18 bits per heavy atom. The van der Waals surface area contributed by atoms with Gasteiger partial charge in [-0.25, -0.2) is 0 Å². The number of nitrogens with one attached hydrogen (secondary N) is 1. The van der Waals surface area contributed by atoms with E-state index < -0.39 is 0 Å². The van der Waals surface area contributed by atoms with Crippen LogP contribution < -0.4 is 5.32 Å². The molecule has 0 bridgehead atoms. The first kappa shape index (κ1) is 9.08. The van der Waals surface area contributed by atoms with E-state index in [9.17, 15) is 0 Å². The first-order valence-electron chi connectivity index (χ1n) is 4.10. The summed E-state index contributed by atoms with van der Waals surface area (Å²) in [7, 11) is 0. The molecule has 0 radical (unpaired) electrons. The molecule has 0 spiro atoms. The molecule has 1 nitrogen and oxygen atoms in total. The fourth-order valence-corrected chi connectivity index (χ4v) is 1.34. The van der Waals surface area contributed by atoms with Crippen molar-refractivity contribution in [1.29, 1.82) is 0 Å². The molecule has 1 saturated carbocycles. The maximum absolute atomic E-state index is 5.65. The first-order chi connectivity index (χ1) is 5.02. The Balaban J connectivity index is 2.27. The highest BCUT2D eigenvalue weighted by molar-refractivity contribution is 6.29. The summed E-state index contributed by atoms with van der Waals surface area (Å²) >= 11 is 5.65. The van der Waals surface area contributed by atoms with Gasteiger partial charge in [0, 0.05) is 17.1 Å². The van der Waals surface area contributed by atoms with Crippen LogP contribution in [0.2, 0.25) is 0 Å². The van der Waals surface area contributed by atoms with Gasteiger partial charge < -0.3 is 5.32 Å². The van der Waals surface area contributed by atoms with Crippen LogP contribution in [-0.4, -0.2) is 12.1 Å². The van der Waals surface area contributed by atoms with Gasteiger partial charge in [0.25, 0.3) is 0 Å². The van der Waals surface area contributed by atoms with Gasteiger partial charge in [-0.15, -0.1) is 0 Å². The zero-order valence-corrected chi connectivity index (χ0v) is 8.04. The summed E-state index contributed by atoms with van der Waals surface area (Å²) in [6, 6.07) is 0. The Labute approximate surface area is 73.8 Å². The standard InChI is InChI=1S/C9H16ClN/c1-7(10)6-11-9(2,3)8-4-5-8/h8,11H,1,4-6H2,2-3H3. The third kappa shape index (κ3) is 2.84. The number of rotatable bonds is 4. The molecule has 1 aliphatic carbocycles. The van der Waals surface area contributed by atoms with E-state index in [1.54, 1.807) is 0 Å². The summed E-state index contributed by atoms with van der Waals surface area (Å²) in [5.74, 6) is 0.846. The Morgan fingerprint density at radius 3 is 2.55 bits per heavy atom. The smallest absolute Gasteiger partial charge is 0.0312 e. The van der Waals surface area contributed by atoms with Crippen molar-refractivity contribution in [1.82, 2.24) is 5.32 Å². The van der Waals surface area contributed by atoms with Gasteiger partial charge in [-0.2, -0.15) is 0 Å². The molecule has 64 valence electrons. The SMILES string of the molecule is C=C(Cl)CNC(C)(C)C1CC1. The zero-order valence-electron chi connectivity index (χ0n) is 7.28. The van der Waals surface area contributed by atoms with Crippen LogP contribution in [0.1, 0.15) is 26.7 Å². The van der Waals surface area contributed by atoms with E-state index in [2.05, 4.69) is 25.7 Å². The number of hydrogen-bond acceptors (Lipinski definition) is 1. The fourth-order valence-electron chi connectivity index (χ4n) is 1.27. The molecule has 0 aromatic rings. The van der Waals surface area contributed by atoms with Crippen molar-refractivity contribution < 1.29 is 0 Å². The van der Waals surface area contributed by atoms with Crippen molar-refractivity contribution in [3.05, 3.63) is 11.6 Å². The van der Waals surface area contributed by atoms with E-state index in [1.807, 2.05) is 0 Å². The molecule has 11 heavy (non-hydrogen) atoms. The Kier molecular flexibility index (Phi) is 2.61. The summed E-state index contributed by atoms with van der Waals surface area (Å²) in [6.45, 7) is 8.82. The molecule has 0 aliphatic heterocycles. The molecule has 1 rings (SSSR count). The second-order valence-corrected chi connectivity index (χ2v) is 4.40. The minimum atomic E-state index is 0.248. The van der Waals surface area contributed by atoms with E-state index in [1.165, 1.54) is 12.8 Å². The van der Waals surface area contributed by atoms with Crippen molar-refractivity contribution in [2.75, 3.05) is 6.54 Å². The summed E-state index contributed by atoms with van der Waals surface area (Å²) < 4.78 is 0. The lowest BCUT2D eigenvalue weighted by Gasteiger charge is -2.25. The molecule has 0 aromatic carbocycles. The molecular weight excluding hydrogens is 158 g/mol. The molecule has 1 aliphatic rings. The lowest BCUT2D eigenvalue weighted by atomic mass is 9.99. The van der Waals surface area contributed by atoms with Gasteiger partial charge in [0.2, 0.25) is 0 Å². The van der Waals surface area contributed by atoms with Crippen LogP contribution in [0.15, 0.2) is 11.6 Å². The zero-order chi connectivity index (χ0) is 8.48. The van der Waals surface area contributed by atoms with E-state index in [-0.39, 0.29) is 5.54 Å². The summed E-state index contributed by atoms with van der Waals surface area (Å²) in [5.41, 5.74) is 0.248. The molecular formula is C9H16ClN. The molecule has 0 amide bonds. The maximum Gasteiger partial charge on any atom is 0.0312 e. The van der Waals surface area contributed by atoms with Crippen LogP contribution in [0.3, 0.4) is 0 Å². The van der Waals surface area contributed by atoms with Crippen LogP contribution in [0.4, 0.5) is 0 Å².